The predicted octanol–water partition coefficient (Wildman–Crippen LogP) is 3.99. The summed E-state index contributed by atoms with van der Waals surface area (Å²) in [4.78, 5) is 4.16. The van der Waals surface area contributed by atoms with Crippen molar-refractivity contribution >= 4 is 0 Å². The summed E-state index contributed by atoms with van der Waals surface area (Å²) in [6, 6.07) is 2.08. The molecule has 16 heavy (non-hydrogen) atoms. The first-order valence-corrected chi connectivity index (χ1v) is 6.34. The van der Waals surface area contributed by atoms with E-state index in [0.29, 0.717) is 0 Å². The second kappa shape index (κ2) is 8.14. The number of hydrogen-bond donors (Lipinski definition) is 0. The van der Waals surface area contributed by atoms with Crippen LogP contribution in [0.5, 0.6) is 5.75 Å². The number of nitrogens with zero attached hydrogens (tertiary/aromatic N) is 1. The van der Waals surface area contributed by atoms with Gasteiger partial charge in [-0.2, -0.15) is 0 Å². The molecule has 0 atom stereocenters. The molecule has 2 heteroatoms. The van der Waals surface area contributed by atoms with Gasteiger partial charge in [-0.15, -0.1) is 0 Å². The third-order valence-electron chi connectivity index (χ3n) is 2.82. The minimum atomic E-state index is 0.864. The molecule has 0 aliphatic rings. The van der Waals surface area contributed by atoms with Crippen LogP contribution in [-0.4, -0.2) is 12.1 Å². The monoisotopic (exact) mass is 221 g/mol. The Labute approximate surface area is 99.0 Å². The van der Waals surface area contributed by atoms with Gasteiger partial charge in [-0.05, 0) is 24.5 Å². The average molecular weight is 221 g/mol. The van der Waals surface area contributed by atoms with Gasteiger partial charge in [0.05, 0.1) is 13.3 Å². The quantitative estimate of drug-likeness (QED) is 0.619. The lowest BCUT2D eigenvalue weighted by Gasteiger charge is -2.03. The molecule has 0 fully saturated rings. The van der Waals surface area contributed by atoms with Crippen LogP contribution in [0.15, 0.2) is 18.5 Å². The Balaban J connectivity index is 2.16. The molecule has 0 bridgehead atoms. The fourth-order valence-corrected chi connectivity index (χ4v) is 1.82. The van der Waals surface area contributed by atoms with E-state index in [1.165, 1.54) is 44.1 Å². The average Bonchev–Trinajstić information content (AvgIpc) is 2.34. The minimum Gasteiger partial charge on any atom is -0.495 e. The minimum absolute atomic E-state index is 0.864. The normalized spacial score (nSPS) is 10.4. The topological polar surface area (TPSA) is 22.1 Å². The van der Waals surface area contributed by atoms with Gasteiger partial charge in [0.15, 0.2) is 0 Å². The summed E-state index contributed by atoms with van der Waals surface area (Å²) in [5.41, 5.74) is 1.29. The summed E-state index contributed by atoms with van der Waals surface area (Å²) in [7, 11) is 1.69. The van der Waals surface area contributed by atoms with Crippen LogP contribution in [0.4, 0.5) is 0 Å². The molecule has 1 aromatic heterocycles. The van der Waals surface area contributed by atoms with Crippen molar-refractivity contribution < 1.29 is 4.74 Å². The molecule has 0 amide bonds. The van der Waals surface area contributed by atoms with Gasteiger partial charge in [-0.3, -0.25) is 4.98 Å². The number of hydrogen-bond acceptors (Lipinski definition) is 2. The number of ether oxygens (including phenoxy) is 1. The van der Waals surface area contributed by atoms with Crippen LogP contribution in [-0.2, 0) is 6.42 Å². The second-order valence-corrected chi connectivity index (χ2v) is 4.25. The Hall–Kier alpha value is -1.05. The van der Waals surface area contributed by atoms with Crippen LogP contribution in [0.2, 0.25) is 0 Å². The van der Waals surface area contributed by atoms with Crippen molar-refractivity contribution in [2.24, 2.45) is 0 Å². The van der Waals surface area contributed by atoms with E-state index < -0.39 is 0 Å². The Bertz CT molecular complexity index is 286. The maximum atomic E-state index is 5.15. The van der Waals surface area contributed by atoms with Crippen molar-refractivity contribution in [2.45, 2.75) is 51.9 Å². The Morgan fingerprint density at radius 2 is 1.81 bits per heavy atom. The molecule has 0 unspecified atom stereocenters. The SMILES string of the molecule is CCCCCCCCc1cncc(OC)c1. The summed E-state index contributed by atoms with van der Waals surface area (Å²) in [6.07, 6.45) is 12.9. The second-order valence-electron chi connectivity index (χ2n) is 4.25. The van der Waals surface area contributed by atoms with E-state index in [0.717, 1.165) is 12.2 Å². The van der Waals surface area contributed by atoms with Gasteiger partial charge in [0.2, 0.25) is 0 Å². The molecule has 90 valence electrons. The smallest absolute Gasteiger partial charge is 0.137 e. The maximum Gasteiger partial charge on any atom is 0.137 e. The largest absolute Gasteiger partial charge is 0.495 e. The molecule has 1 heterocycles. The Kier molecular flexibility index (Phi) is 6.62. The number of aryl methyl sites for hydroxylation is 1. The first-order valence-electron chi connectivity index (χ1n) is 6.34. The van der Waals surface area contributed by atoms with Crippen molar-refractivity contribution in [3.05, 3.63) is 24.0 Å². The van der Waals surface area contributed by atoms with Crippen LogP contribution in [0.3, 0.4) is 0 Å². The van der Waals surface area contributed by atoms with Gasteiger partial charge >= 0.3 is 0 Å². The summed E-state index contributed by atoms with van der Waals surface area (Å²) in [5, 5.41) is 0. The lowest BCUT2D eigenvalue weighted by atomic mass is 10.1. The highest BCUT2D eigenvalue weighted by molar-refractivity contribution is 5.23. The predicted molar refractivity (Wildman–Crippen MR) is 67.9 cm³/mol. The van der Waals surface area contributed by atoms with Crippen molar-refractivity contribution in [2.75, 3.05) is 7.11 Å². The molecule has 0 saturated heterocycles. The molecule has 1 rings (SSSR count). The molecular weight excluding hydrogens is 198 g/mol. The van der Waals surface area contributed by atoms with E-state index in [1.54, 1.807) is 13.3 Å². The molecule has 0 radical (unpaired) electrons. The molecule has 0 aliphatic carbocycles. The van der Waals surface area contributed by atoms with E-state index >= 15 is 0 Å². The maximum absolute atomic E-state index is 5.15. The van der Waals surface area contributed by atoms with Crippen molar-refractivity contribution in [1.82, 2.24) is 4.98 Å². The summed E-state index contributed by atoms with van der Waals surface area (Å²) in [5.74, 6) is 0.864. The lowest BCUT2D eigenvalue weighted by Crippen LogP contribution is -1.90. The molecule has 1 aromatic rings. The van der Waals surface area contributed by atoms with E-state index in [4.69, 9.17) is 4.74 Å². The zero-order valence-corrected chi connectivity index (χ0v) is 10.5. The third-order valence-corrected chi connectivity index (χ3v) is 2.82. The zero-order chi connectivity index (χ0) is 11.6. The third kappa shape index (κ3) is 5.15. The van der Waals surface area contributed by atoms with E-state index in [-0.39, 0.29) is 0 Å². The highest BCUT2D eigenvalue weighted by Crippen LogP contribution is 2.13. The molecule has 0 aromatic carbocycles. The molecule has 0 saturated carbocycles. The lowest BCUT2D eigenvalue weighted by molar-refractivity contribution is 0.412. The van der Waals surface area contributed by atoms with Crippen LogP contribution in [0.1, 0.15) is 51.0 Å². The van der Waals surface area contributed by atoms with E-state index in [2.05, 4.69) is 18.0 Å². The van der Waals surface area contributed by atoms with E-state index in [1.807, 2.05) is 6.20 Å². The number of aromatic nitrogens is 1. The van der Waals surface area contributed by atoms with Crippen LogP contribution in [0, 0.1) is 0 Å². The number of methoxy groups -OCH3 is 1. The number of unbranched alkanes of at least 4 members (excludes halogenated alkanes) is 5. The first kappa shape index (κ1) is 13.0. The number of rotatable bonds is 8. The van der Waals surface area contributed by atoms with Gasteiger partial charge in [-0.1, -0.05) is 39.0 Å². The highest BCUT2D eigenvalue weighted by Gasteiger charge is 1.97. The fourth-order valence-electron chi connectivity index (χ4n) is 1.82. The standard InChI is InChI=1S/C14H23NO/c1-3-4-5-6-7-8-9-13-10-14(16-2)12-15-11-13/h10-12H,3-9H2,1-2H3. The summed E-state index contributed by atoms with van der Waals surface area (Å²) >= 11 is 0. The van der Waals surface area contributed by atoms with Crippen molar-refractivity contribution in [3.63, 3.8) is 0 Å². The van der Waals surface area contributed by atoms with Gasteiger partial charge in [0.25, 0.3) is 0 Å². The van der Waals surface area contributed by atoms with Crippen molar-refractivity contribution in [3.8, 4) is 5.75 Å². The highest BCUT2D eigenvalue weighted by atomic mass is 16.5. The zero-order valence-electron chi connectivity index (χ0n) is 10.5. The van der Waals surface area contributed by atoms with Crippen molar-refractivity contribution in [1.29, 1.82) is 0 Å². The molecular formula is C14H23NO. The summed E-state index contributed by atoms with van der Waals surface area (Å²) in [6.45, 7) is 2.25. The Morgan fingerprint density at radius 3 is 2.56 bits per heavy atom. The first-order chi connectivity index (χ1) is 7.86. The molecule has 0 N–H and O–H groups in total. The molecule has 0 spiro atoms. The molecule has 0 aliphatic heterocycles. The number of pyridine rings is 1. The van der Waals surface area contributed by atoms with E-state index in [9.17, 15) is 0 Å². The van der Waals surface area contributed by atoms with Gasteiger partial charge < -0.3 is 4.74 Å². The van der Waals surface area contributed by atoms with Gasteiger partial charge in [0.1, 0.15) is 5.75 Å². The van der Waals surface area contributed by atoms with Crippen LogP contribution >= 0.6 is 0 Å². The van der Waals surface area contributed by atoms with Crippen LogP contribution in [0.25, 0.3) is 0 Å². The van der Waals surface area contributed by atoms with Gasteiger partial charge in [-0.25, -0.2) is 0 Å². The molecule has 2 nitrogen and oxygen atoms in total. The van der Waals surface area contributed by atoms with Crippen LogP contribution < -0.4 is 4.74 Å². The van der Waals surface area contributed by atoms with Gasteiger partial charge in [0, 0.05) is 6.20 Å². The summed E-state index contributed by atoms with van der Waals surface area (Å²) < 4.78 is 5.15. The fraction of sp³-hybridized carbons (Fsp3) is 0.643. The Morgan fingerprint density at radius 1 is 1.06 bits per heavy atom.